The Morgan fingerprint density at radius 1 is 1.55 bits per heavy atom. The van der Waals surface area contributed by atoms with Gasteiger partial charge in [-0.15, -0.1) is 0 Å². The molecule has 7 heteroatoms. The number of nitrogens with zero attached hydrogens (tertiary/aromatic N) is 1. The molecule has 2 heterocycles. The van der Waals surface area contributed by atoms with Crippen LogP contribution in [-0.2, 0) is 9.59 Å². The van der Waals surface area contributed by atoms with E-state index in [2.05, 4.69) is 0 Å². The zero-order chi connectivity index (χ0) is 14.9. The maximum atomic E-state index is 12.3. The van der Waals surface area contributed by atoms with E-state index in [1.54, 1.807) is 32.1 Å². The fraction of sp³-hybridized carbons (Fsp3) is 0.308. The summed E-state index contributed by atoms with van der Waals surface area (Å²) in [5.41, 5.74) is 0. The number of thioether (sulfide) groups is 1. The third-order valence-corrected chi connectivity index (χ3v) is 4.12. The molecule has 0 saturated carbocycles. The number of rotatable bonds is 4. The Balaban J connectivity index is 2.31. The zero-order valence-corrected chi connectivity index (χ0v) is 12.5. The number of carboxylic acid groups (broad SMARTS) is 1. The van der Waals surface area contributed by atoms with Crippen molar-refractivity contribution in [2.75, 3.05) is 0 Å². The van der Waals surface area contributed by atoms with E-state index in [-0.39, 0.29) is 10.2 Å². The number of carbonyl (C=O) groups excluding carboxylic acids is 2. The van der Waals surface area contributed by atoms with Crippen molar-refractivity contribution < 1.29 is 19.1 Å². The largest absolute Gasteiger partial charge is 0.548 e. The van der Waals surface area contributed by atoms with Crippen LogP contribution in [0.25, 0.3) is 6.08 Å². The quantitative estimate of drug-likeness (QED) is 0.615. The van der Waals surface area contributed by atoms with Gasteiger partial charge in [-0.25, -0.2) is 0 Å². The Morgan fingerprint density at radius 3 is 2.75 bits per heavy atom. The second-order valence-corrected chi connectivity index (χ2v) is 6.25. The number of carboxylic acids is 1. The molecular formula is C13H12NO4S2-. The average Bonchev–Trinajstić information content (AvgIpc) is 2.93. The van der Waals surface area contributed by atoms with Crippen LogP contribution in [0.2, 0.25) is 0 Å². The van der Waals surface area contributed by atoms with E-state index in [1.165, 1.54) is 6.26 Å². The van der Waals surface area contributed by atoms with Crippen LogP contribution in [0.4, 0.5) is 0 Å². The minimum Gasteiger partial charge on any atom is -0.548 e. The Hall–Kier alpha value is -1.60. The Bertz CT molecular complexity index is 577. The van der Waals surface area contributed by atoms with Crippen LogP contribution in [0.15, 0.2) is 27.7 Å². The van der Waals surface area contributed by atoms with Gasteiger partial charge in [-0.05, 0) is 18.1 Å². The van der Waals surface area contributed by atoms with Crippen molar-refractivity contribution in [3.05, 3.63) is 29.1 Å². The number of aliphatic carboxylic acids is 1. The van der Waals surface area contributed by atoms with Gasteiger partial charge in [0.2, 0.25) is 0 Å². The van der Waals surface area contributed by atoms with Crippen molar-refractivity contribution >= 4 is 46.3 Å². The predicted octanol–water partition coefficient (Wildman–Crippen LogP) is 1.26. The molecule has 0 spiro atoms. The van der Waals surface area contributed by atoms with Gasteiger partial charge in [0.15, 0.2) is 0 Å². The third-order valence-electron chi connectivity index (χ3n) is 2.79. The van der Waals surface area contributed by atoms with Crippen molar-refractivity contribution in [1.82, 2.24) is 4.90 Å². The first kappa shape index (κ1) is 14.8. The number of hydrogen-bond donors (Lipinski definition) is 0. The second-order valence-electron chi connectivity index (χ2n) is 4.58. The lowest BCUT2D eigenvalue weighted by atomic mass is 10.0. The smallest absolute Gasteiger partial charge is 0.266 e. The first-order valence-corrected chi connectivity index (χ1v) is 7.15. The lowest BCUT2D eigenvalue weighted by Crippen LogP contribution is -2.52. The number of furan rings is 1. The molecule has 1 aliphatic heterocycles. The van der Waals surface area contributed by atoms with E-state index >= 15 is 0 Å². The fourth-order valence-electron chi connectivity index (χ4n) is 1.90. The van der Waals surface area contributed by atoms with Crippen LogP contribution < -0.4 is 5.11 Å². The summed E-state index contributed by atoms with van der Waals surface area (Å²) in [4.78, 5) is 25.0. The van der Waals surface area contributed by atoms with Crippen molar-refractivity contribution in [3.63, 3.8) is 0 Å². The molecular weight excluding hydrogens is 298 g/mol. The van der Waals surface area contributed by atoms with Crippen molar-refractivity contribution in [2.45, 2.75) is 19.9 Å². The highest BCUT2D eigenvalue weighted by atomic mass is 32.2. The van der Waals surface area contributed by atoms with Gasteiger partial charge in [0.25, 0.3) is 5.91 Å². The van der Waals surface area contributed by atoms with Gasteiger partial charge in [0, 0.05) is 6.08 Å². The van der Waals surface area contributed by atoms with Gasteiger partial charge in [-0.3, -0.25) is 9.69 Å². The molecule has 0 radical (unpaired) electrons. The van der Waals surface area contributed by atoms with Crippen LogP contribution in [0.3, 0.4) is 0 Å². The molecule has 1 aromatic rings. The van der Waals surface area contributed by atoms with Crippen LogP contribution >= 0.6 is 24.0 Å². The van der Waals surface area contributed by atoms with E-state index in [1.807, 2.05) is 0 Å². The maximum absolute atomic E-state index is 12.3. The highest BCUT2D eigenvalue weighted by molar-refractivity contribution is 8.26. The number of thiocarbonyl (C=S) groups is 1. The number of hydrogen-bond acceptors (Lipinski definition) is 6. The molecule has 0 aliphatic carbocycles. The number of amides is 1. The molecule has 106 valence electrons. The topological polar surface area (TPSA) is 73.6 Å². The summed E-state index contributed by atoms with van der Waals surface area (Å²) in [6.45, 7) is 3.41. The minimum atomic E-state index is -1.31. The lowest BCUT2D eigenvalue weighted by Gasteiger charge is -2.30. The Morgan fingerprint density at radius 2 is 2.25 bits per heavy atom. The van der Waals surface area contributed by atoms with E-state index in [0.29, 0.717) is 10.7 Å². The summed E-state index contributed by atoms with van der Waals surface area (Å²) in [5, 5.41) is 11.2. The lowest BCUT2D eigenvalue weighted by molar-refractivity contribution is -0.311. The molecule has 1 saturated heterocycles. The highest BCUT2D eigenvalue weighted by Crippen LogP contribution is 2.35. The molecule has 0 bridgehead atoms. The molecule has 0 aromatic carbocycles. The minimum absolute atomic E-state index is 0.218. The summed E-state index contributed by atoms with van der Waals surface area (Å²) in [6.07, 6.45) is 3.04. The SMILES string of the molecule is CC(C)[C@H](C(=O)[O-])N1C(=O)C(=Cc2ccco2)SC1=S. The Labute approximate surface area is 125 Å². The second kappa shape index (κ2) is 5.80. The first-order chi connectivity index (χ1) is 9.41. The zero-order valence-electron chi connectivity index (χ0n) is 10.9. The predicted molar refractivity (Wildman–Crippen MR) is 77.4 cm³/mol. The van der Waals surface area contributed by atoms with Crippen molar-refractivity contribution in [1.29, 1.82) is 0 Å². The molecule has 2 rings (SSSR count). The molecule has 0 unspecified atom stereocenters. The fourth-order valence-corrected chi connectivity index (χ4v) is 3.21. The monoisotopic (exact) mass is 310 g/mol. The van der Waals surface area contributed by atoms with Crippen molar-refractivity contribution in [3.8, 4) is 0 Å². The average molecular weight is 310 g/mol. The summed E-state index contributed by atoms with van der Waals surface area (Å²) in [7, 11) is 0. The first-order valence-electron chi connectivity index (χ1n) is 5.93. The standard InChI is InChI=1S/C13H13NO4S2/c1-7(2)10(12(16)17)14-11(15)9(20-13(14)19)6-8-4-3-5-18-8/h3-7,10H,1-2H3,(H,16,17)/p-1/t10-/m1/s1. The van der Waals surface area contributed by atoms with Gasteiger partial charge in [0.05, 0.1) is 23.2 Å². The van der Waals surface area contributed by atoms with Gasteiger partial charge >= 0.3 is 0 Å². The van der Waals surface area contributed by atoms with Crippen molar-refractivity contribution in [2.24, 2.45) is 5.92 Å². The van der Waals surface area contributed by atoms with Crippen LogP contribution in [0.5, 0.6) is 0 Å². The third kappa shape index (κ3) is 2.78. The molecule has 1 fully saturated rings. The summed E-state index contributed by atoms with van der Waals surface area (Å²) >= 11 is 6.17. The Kier molecular flexibility index (Phi) is 4.29. The van der Waals surface area contributed by atoms with Gasteiger partial charge < -0.3 is 14.3 Å². The molecule has 1 amide bonds. The van der Waals surface area contributed by atoms with Crippen LogP contribution in [0, 0.1) is 5.92 Å². The van der Waals surface area contributed by atoms with E-state index in [9.17, 15) is 14.7 Å². The highest BCUT2D eigenvalue weighted by Gasteiger charge is 2.39. The van der Waals surface area contributed by atoms with E-state index < -0.39 is 17.9 Å². The maximum Gasteiger partial charge on any atom is 0.266 e. The van der Waals surface area contributed by atoms with Crippen LogP contribution in [0.1, 0.15) is 19.6 Å². The number of carbonyl (C=O) groups is 2. The van der Waals surface area contributed by atoms with Gasteiger partial charge in [0.1, 0.15) is 10.1 Å². The normalized spacial score (nSPS) is 19.1. The molecule has 20 heavy (non-hydrogen) atoms. The van der Waals surface area contributed by atoms with E-state index in [0.717, 1.165) is 16.7 Å². The molecule has 1 atom stereocenters. The van der Waals surface area contributed by atoms with E-state index in [4.69, 9.17) is 16.6 Å². The molecule has 5 nitrogen and oxygen atoms in total. The summed E-state index contributed by atoms with van der Waals surface area (Å²) < 4.78 is 5.36. The van der Waals surface area contributed by atoms with Gasteiger partial charge in [-0.2, -0.15) is 0 Å². The molecule has 1 aliphatic rings. The van der Waals surface area contributed by atoms with Crippen LogP contribution in [-0.4, -0.2) is 27.1 Å². The summed E-state index contributed by atoms with van der Waals surface area (Å²) in [6, 6.07) is 2.33. The molecule has 1 aromatic heterocycles. The van der Waals surface area contributed by atoms with Gasteiger partial charge in [-0.1, -0.05) is 37.8 Å². The molecule has 0 N–H and O–H groups in total. The summed E-state index contributed by atoms with van der Waals surface area (Å²) in [5.74, 6) is -1.53.